The number of anilines is 1. The first-order valence-electron chi connectivity index (χ1n) is 5.35. The first-order chi connectivity index (χ1) is 8.20. The lowest BCUT2D eigenvalue weighted by Gasteiger charge is -2.05. The minimum Gasteiger partial charge on any atom is -0.320 e. The van der Waals surface area contributed by atoms with Gasteiger partial charge in [0.05, 0.1) is 10.6 Å². The van der Waals surface area contributed by atoms with Gasteiger partial charge in [0.15, 0.2) is 0 Å². The number of carbonyl (C=O) groups is 1. The third-order valence-electron chi connectivity index (χ3n) is 2.36. The van der Waals surface area contributed by atoms with Gasteiger partial charge in [0.25, 0.3) is 5.91 Å². The number of aryl methyl sites for hydroxylation is 1. The second-order valence-electron chi connectivity index (χ2n) is 3.55. The number of hydrogen-bond acceptors (Lipinski definition) is 2. The lowest BCUT2D eigenvalue weighted by molar-refractivity contribution is 0.103. The third kappa shape index (κ3) is 2.96. The van der Waals surface area contributed by atoms with Gasteiger partial charge in [-0.05, 0) is 46.6 Å². The molecular formula is C13H12BrNOS. The number of carbonyl (C=O) groups excluding carboxylic acids is 1. The molecule has 0 aliphatic rings. The Morgan fingerprint density at radius 2 is 2.06 bits per heavy atom. The van der Waals surface area contributed by atoms with Crippen LogP contribution < -0.4 is 5.32 Å². The van der Waals surface area contributed by atoms with Crippen LogP contribution in [0.1, 0.15) is 21.5 Å². The van der Waals surface area contributed by atoms with Gasteiger partial charge in [-0.2, -0.15) is 0 Å². The topological polar surface area (TPSA) is 29.1 Å². The summed E-state index contributed by atoms with van der Waals surface area (Å²) in [4.78, 5) is 13.9. The molecule has 0 aliphatic heterocycles. The van der Waals surface area contributed by atoms with Crippen LogP contribution in [0.3, 0.4) is 0 Å². The van der Waals surface area contributed by atoms with Crippen molar-refractivity contribution in [2.45, 2.75) is 13.3 Å². The van der Waals surface area contributed by atoms with E-state index in [4.69, 9.17) is 0 Å². The number of para-hydroxylation sites is 1. The predicted octanol–water partition coefficient (Wildman–Crippen LogP) is 4.33. The fourth-order valence-electron chi connectivity index (χ4n) is 1.44. The van der Waals surface area contributed by atoms with Gasteiger partial charge >= 0.3 is 0 Å². The van der Waals surface area contributed by atoms with Crippen molar-refractivity contribution in [2.24, 2.45) is 0 Å². The van der Waals surface area contributed by atoms with Crippen LogP contribution in [0.4, 0.5) is 5.69 Å². The van der Waals surface area contributed by atoms with Gasteiger partial charge in [-0.1, -0.05) is 19.1 Å². The Morgan fingerprint density at radius 3 is 2.71 bits per heavy atom. The van der Waals surface area contributed by atoms with Crippen LogP contribution in [0, 0.1) is 0 Å². The van der Waals surface area contributed by atoms with E-state index in [1.165, 1.54) is 16.2 Å². The molecular weight excluding hydrogens is 298 g/mol. The SMILES string of the molecule is CCc1ccc(C(=O)Nc2ccccc2Br)s1. The normalized spacial score (nSPS) is 10.2. The van der Waals surface area contributed by atoms with Gasteiger partial charge in [-0.25, -0.2) is 0 Å². The summed E-state index contributed by atoms with van der Waals surface area (Å²) in [6.07, 6.45) is 0.965. The van der Waals surface area contributed by atoms with Crippen molar-refractivity contribution in [1.82, 2.24) is 0 Å². The first-order valence-corrected chi connectivity index (χ1v) is 6.96. The van der Waals surface area contributed by atoms with E-state index in [1.807, 2.05) is 36.4 Å². The maximum Gasteiger partial charge on any atom is 0.265 e. The second kappa shape index (κ2) is 5.47. The maximum atomic E-state index is 12.0. The van der Waals surface area contributed by atoms with Crippen LogP contribution >= 0.6 is 27.3 Å². The van der Waals surface area contributed by atoms with E-state index in [0.717, 1.165) is 21.5 Å². The lowest BCUT2D eigenvalue weighted by Crippen LogP contribution is -2.10. The van der Waals surface area contributed by atoms with E-state index in [1.54, 1.807) is 0 Å². The van der Waals surface area contributed by atoms with Crippen LogP contribution in [-0.4, -0.2) is 5.91 Å². The van der Waals surface area contributed by atoms with Crippen LogP contribution in [0.25, 0.3) is 0 Å². The molecule has 0 saturated carbocycles. The molecule has 2 nitrogen and oxygen atoms in total. The average Bonchev–Trinajstić information content (AvgIpc) is 2.81. The fourth-order valence-corrected chi connectivity index (χ4v) is 2.66. The number of nitrogens with one attached hydrogen (secondary N) is 1. The van der Waals surface area contributed by atoms with E-state index < -0.39 is 0 Å². The van der Waals surface area contributed by atoms with Crippen LogP contribution in [-0.2, 0) is 6.42 Å². The molecule has 0 spiro atoms. The smallest absolute Gasteiger partial charge is 0.265 e. The molecule has 88 valence electrons. The van der Waals surface area contributed by atoms with Crippen molar-refractivity contribution in [3.8, 4) is 0 Å². The molecule has 1 aromatic heterocycles. The predicted molar refractivity (Wildman–Crippen MR) is 75.8 cm³/mol. The zero-order chi connectivity index (χ0) is 12.3. The van der Waals surface area contributed by atoms with Gasteiger partial charge in [-0.3, -0.25) is 4.79 Å². The summed E-state index contributed by atoms with van der Waals surface area (Å²) in [5, 5.41) is 2.89. The van der Waals surface area contributed by atoms with Gasteiger partial charge in [0.2, 0.25) is 0 Å². The van der Waals surface area contributed by atoms with E-state index in [-0.39, 0.29) is 5.91 Å². The molecule has 1 N–H and O–H groups in total. The van der Waals surface area contributed by atoms with Crippen LogP contribution in [0.2, 0.25) is 0 Å². The standard InChI is InChI=1S/C13H12BrNOS/c1-2-9-7-8-12(17-9)13(16)15-11-6-4-3-5-10(11)14/h3-8H,2H2,1H3,(H,15,16). The minimum atomic E-state index is -0.0541. The summed E-state index contributed by atoms with van der Waals surface area (Å²) < 4.78 is 0.889. The second-order valence-corrected chi connectivity index (χ2v) is 5.58. The van der Waals surface area contributed by atoms with Crippen molar-refractivity contribution in [3.63, 3.8) is 0 Å². The molecule has 1 aromatic carbocycles. The summed E-state index contributed by atoms with van der Waals surface area (Å²) >= 11 is 4.94. The largest absolute Gasteiger partial charge is 0.320 e. The third-order valence-corrected chi connectivity index (χ3v) is 4.28. The highest BCUT2D eigenvalue weighted by atomic mass is 79.9. The molecule has 4 heteroatoms. The zero-order valence-corrected chi connectivity index (χ0v) is 11.8. The average molecular weight is 310 g/mol. The number of amides is 1. The van der Waals surface area contributed by atoms with Gasteiger partial charge in [0, 0.05) is 9.35 Å². The molecule has 2 rings (SSSR count). The highest BCUT2D eigenvalue weighted by molar-refractivity contribution is 9.10. The molecule has 2 aromatic rings. The van der Waals surface area contributed by atoms with Crippen LogP contribution in [0.5, 0.6) is 0 Å². The molecule has 0 saturated heterocycles. The molecule has 0 unspecified atom stereocenters. The summed E-state index contributed by atoms with van der Waals surface area (Å²) in [5.41, 5.74) is 0.795. The number of thiophene rings is 1. The summed E-state index contributed by atoms with van der Waals surface area (Å²) in [6.45, 7) is 2.08. The van der Waals surface area contributed by atoms with Gasteiger partial charge < -0.3 is 5.32 Å². The molecule has 1 heterocycles. The Hall–Kier alpha value is -1.13. The quantitative estimate of drug-likeness (QED) is 0.898. The van der Waals surface area contributed by atoms with E-state index >= 15 is 0 Å². The summed E-state index contributed by atoms with van der Waals surface area (Å²) in [5.74, 6) is -0.0541. The summed E-state index contributed by atoms with van der Waals surface area (Å²) in [6, 6.07) is 11.5. The highest BCUT2D eigenvalue weighted by Gasteiger charge is 2.10. The Balaban J connectivity index is 2.14. The zero-order valence-electron chi connectivity index (χ0n) is 9.37. The molecule has 0 radical (unpaired) electrons. The Kier molecular flexibility index (Phi) is 3.97. The Bertz CT molecular complexity index is 536. The van der Waals surface area contributed by atoms with Crippen molar-refractivity contribution in [1.29, 1.82) is 0 Å². The Labute approximate surface area is 113 Å². The van der Waals surface area contributed by atoms with E-state index in [0.29, 0.717) is 0 Å². The van der Waals surface area contributed by atoms with Crippen molar-refractivity contribution < 1.29 is 4.79 Å². The molecule has 0 atom stereocenters. The molecule has 0 fully saturated rings. The number of halogens is 1. The van der Waals surface area contributed by atoms with E-state index in [2.05, 4.69) is 28.2 Å². The van der Waals surface area contributed by atoms with E-state index in [9.17, 15) is 4.79 Å². The number of hydrogen-bond donors (Lipinski definition) is 1. The molecule has 1 amide bonds. The monoisotopic (exact) mass is 309 g/mol. The molecule has 0 bridgehead atoms. The number of rotatable bonds is 3. The highest BCUT2D eigenvalue weighted by Crippen LogP contribution is 2.23. The van der Waals surface area contributed by atoms with Crippen molar-refractivity contribution >= 4 is 38.9 Å². The van der Waals surface area contributed by atoms with Gasteiger partial charge in [-0.15, -0.1) is 11.3 Å². The minimum absolute atomic E-state index is 0.0541. The first kappa shape index (κ1) is 12.3. The Morgan fingerprint density at radius 1 is 1.29 bits per heavy atom. The number of benzene rings is 1. The van der Waals surface area contributed by atoms with Crippen molar-refractivity contribution in [3.05, 3.63) is 50.6 Å². The maximum absolute atomic E-state index is 12.0. The fraction of sp³-hybridized carbons (Fsp3) is 0.154. The lowest BCUT2D eigenvalue weighted by atomic mass is 10.3. The molecule has 0 aliphatic carbocycles. The van der Waals surface area contributed by atoms with Gasteiger partial charge in [0.1, 0.15) is 0 Å². The van der Waals surface area contributed by atoms with Crippen molar-refractivity contribution in [2.75, 3.05) is 5.32 Å². The summed E-state index contributed by atoms with van der Waals surface area (Å²) in [7, 11) is 0. The van der Waals surface area contributed by atoms with Crippen LogP contribution in [0.15, 0.2) is 40.9 Å². The molecule has 17 heavy (non-hydrogen) atoms.